The van der Waals surface area contributed by atoms with E-state index in [9.17, 15) is 28.0 Å². The van der Waals surface area contributed by atoms with Gasteiger partial charge in [-0.3, -0.25) is 19.2 Å². The second-order valence-electron chi connectivity index (χ2n) is 26.3. The smallest absolute Gasteiger partial charge is 0.226 e. The Bertz CT molecular complexity index is 3790. The van der Waals surface area contributed by atoms with E-state index in [1.165, 1.54) is 45.8 Å². The van der Waals surface area contributed by atoms with Crippen LogP contribution in [0.3, 0.4) is 0 Å². The lowest BCUT2D eigenvalue weighted by atomic mass is 10.1. The number of aromatic nitrogens is 2. The molecular weight excluding hydrogens is 1250 g/mol. The molecule has 2 aliphatic carbocycles. The summed E-state index contributed by atoms with van der Waals surface area (Å²) >= 11 is 6.15. The van der Waals surface area contributed by atoms with E-state index >= 15 is 0 Å². The Kier molecular flexibility index (Phi) is 23.1. The highest BCUT2D eigenvalue weighted by Gasteiger charge is 2.47. The molecular formula is C78H91ClF2N10O6. The van der Waals surface area contributed by atoms with Crippen LogP contribution in [0.2, 0.25) is 5.02 Å². The van der Waals surface area contributed by atoms with E-state index in [4.69, 9.17) is 20.6 Å². The average Bonchev–Trinajstić information content (AvgIpc) is 1.64. The minimum absolute atomic E-state index is 0.128. The molecule has 510 valence electrons. The number of rotatable bonds is 14. The number of carbonyl (C=O) groups is 4. The standard InChI is InChI=1S/C21H23ClN2O.C20H21FN2O.C19H25N3O2.C18H22FN3O2/c1-15-7-8-17(22)13-20(15)23-9-11-24(12-10-23)21(25)19-14-18(19)16-5-3-2-4-6-16;21-18-8-4-5-9-19(18)22-10-12-23(13-11-22)20(24)17-14-16(17)15-6-2-1-3-7-15;1-14-6-4-5-7-18(14)21-10-12-22(13-11-21)19(23)9-8-17-15(2)20-24-16(17)3;1-13-15(14(2)24-20-13)7-8-18(23)22-11-9-21(10-12-22)17-6-4-3-5-16(17)19/h2-8,13,18-19H,9-12,14H2,1H3;1-9,16-17H,10-14H2;4-7H,8-13H2,1-3H3;3-6H,7-12H2,1-2H3/t18-,19-;16-,17-;;/m11../s1. The zero-order valence-corrected chi connectivity index (χ0v) is 57.6. The predicted molar refractivity (Wildman–Crippen MR) is 379 cm³/mol. The summed E-state index contributed by atoms with van der Waals surface area (Å²) in [5.74, 6) is 3.25. The van der Waals surface area contributed by atoms with Gasteiger partial charge in [0.15, 0.2) is 0 Å². The van der Waals surface area contributed by atoms with Crippen molar-refractivity contribution < 1.29 is 37.0 Å². The third kappa shape index (κ3) is 17.6. The number of carbonyl (C=O) groups excluding carboxylic acids is 4. The second kappa shape index (κ2) is 32.3. The molecule has 4 saturated heterocycles. The number of aryl methyl sites for hydroxylation is 6. The van der Waals surface area contributed by atoms with Gasteiger partial charge in [0, 0.05) is 157 Å². The number of hydrogen-bond donors (Lipinski definition) is 0. The van der Waals surface area contributed by atoms with Crippen molar-refractivity contribution in [2.75, 3.05) is 124 Å². The van der Waals surface area contributed by atoms with Crippen LogP contribution in [-0.2, 0) is 32.0 Å². The van der Waals surface area contributed by atoms with Gasteiger partial charge in [0.05, 0.1) is 22.8 Å². The minimum atomic E-state index is -0.212. The van der Waals surface area contributed by atoms with Crippen LogP contribution in [0.1, 0.15) is 93.8 Å². The summed E-state index contributed by atoms with van der Waals surface area (Å²) in [6.45, 7) is 23.8. The van der Waals surface area contributed by atoms with Crippen LogP contribution in [0.15, 0.2) is 161 Å². The van der Waals surface area contributed by atoms with Crippen LogP contribution in [-0.4, -0.2) is 158 Å². The molecule has 14 rings (SSSR count). The quantitative estimate of drug-likeness (QED) is 0.102. The Morgan fingerprint density at radius 3 is 1.13 bits per heavy atom. The van der Waals surface area contributed by atoms with Crippen molar-refractivity contribution in [3.63, 3.8) is 0 Å². The Balaban J connectivity index is 0.000000131. The van der Waals surface area contributed by atoms with Crippen LogP contribution in [0.5, 0.6) is 0 Å². The van der Waals surface area contributed by atoms with E-state index in [1.54, 1.807) is 24.3 Å². The molecule has 0 unspecified atom stereocenters. The van der Waals surface area contributed by atoms with Crippen LogP contribution in [0, 0.1) is 65.0 Å². The first-order valence-corrected chi connectivity index (χ1v) is 34.7. The third-order valence-corrected chi connectivity index (χ3v) is 20.2. The van der Waals surface area contributed by atoms with Gasteiger partial charge < -0.3 is 48.2 Å². The van der Waals surface area contributed by atoms with E-state index in [0.29, 0.717) is 107 Å². The van der Waals surface area contributed by atoms with E-state index in [1.807, 2.05) is 106 Å². The van der Waals surface area contributed by atoms with Gasteiger partial charge in [0.25, 0.3) is 0 Å². The lowest BCUT2D eigenvalue weighted by Crippen LogP contribution is -2.49. The van der Waals surface area contributed by atoms with Gasteiger partial charge in [-0.15, -0.1) is 0 Å². The maximum Gasteiger partial charge on any atom is 0.226 e. The van der Waals surface area contributed by atoms with Crippen molar-refractivity contribution in [2.24, 2.45) is 11.8 Å². The number of anilines is 4. The molecule has 6 aromatic carbocycles. The molecule has 2 saturated carbocycles. The van der Waals surface area contributed by atoms with Gasteiger partial charge in [-0.2, -0.15) is 0 Å². The van der Waals surface area contributed by atoms with E-state index in [0.717, 1.165) is 104 Å². The molecule has 0 N–H and O–H groups in total. The summed E-state index contributed by atoms with van der Waals surface area (Å²) in [6, 6.07) is 48.8. The largest absolute Gasteiger partial charge is 0.368 e. The molecule has 97 heavy (non-hydrogen) atoms. The van der Waals surface area contributed by atoms with Gasteiger partial charge >= 0.3 is 0 Å². The molecule has 0 bridgehead atoms. The highest BCUT2D eigenvalue weighted by Crippen LogP contribution is 2.49. The number of piperazine rings is 4. The average molecular weight is 1340 g/mol. The molecule has 16 nitrogen and oxygen atoms in total. The van der Waals surface area contributed by atoms with Gasteiger partial charge in [-0.25, -0.2) is 8.78 Å². The number of amides is 4. The van der Waals surface area contributed by atoms with Gasteiger partial charge in [-0.05, 0) is 144 Å². The number of hydrogen-bond acceptors (Lipinski definition) is 12. The molecule has 0 spiro atoms. The number of benzene rings is 6. The monoisotopic (exact) mass is 1340 g/mol. The Morgan fingerprint density at radius 1 is 0.412 bits per heavy atom. The Morgan fingerprint density at radius 2 is 0.753 bits per heavy atom. The van der Waals surface area contributed by atoms with Crippen LogP contribution in [0.4, 0.5) is 31.5 Å². The highest BCUT2D eigenvalue weighted by atomic mass is 35.5. The predicted octanol–water partition coefficient (Wildman–Crippen LogP) is 13.0. The highest BCUT2D eigenvalue weighted by molar-refractivity contribution is 6.30. The maximum atomic E-state index is 13.9. The minimum Gasteiger partial charge on any atom is -0.368 e. The van der Waals surface area contributed by atoms with E-state index in [2.05, 4.69) is 101 Å². The summed E-state index contributed by atoms with van der Waals surface area (Å²) in [7, 11) is 0. The summed E-state index contributed by atoms with van der Waals surface area (Å²) in [4.78, 5) is 66.9. The topological polar surface area (TPSA) is 146 Å². The van der Waals surface area contributed by atoms with Gasteiger partial charge in [0.2, 0.25) is 23.6 Å². The summed E-state index contributed by atoms with van der Waals surface area (Å²) in [5, 5.41) is 8.63. The molecule has 4 amide bonds. The van der Waals surface area contributed by atoms with Crippen LogP contribution < -0.4 is 19.6 Å². The van der Waals surface area contributed by atoms with Crippen molar-refractivity contribution >= 4 is 58.0 Å². The first-order valence-electron chi connectivity index (χ1n) is 34.4. The summed E-state index contributed by atoms with van der Waals surface area (Å²) in [6.07, 6.45) is 4.27. The summed E-state index contributed by atoms with van der Waals surface area (Å²) < 4.78 is 38.0. The fourth-order valence-corrected chi connectivity index (χ4v) is 14.2. The Labute approximate surface area is 574 Å². The fraction of sp³-hybridized carbons (Fsp3) is 0.410. The lowest BCUT2D eigenvalue weighted by molar-refractivity contribution is -0.133. The lowest BCUT2D eigenvalue weighted by Gasteiger charge is -2.37. The number of halogens is 3. The molecule has 4 atom stereocenters. The molecule has 19 heteroatoms. The Hall–Kier alpha value is -9.03. The van der Waals surface area contributed by atoms with Crippen molar-refractivity contribution in [1.82, 2.24) is 29.9 Å². The van der Waals surface area contributed by atoms with Crippen molar-refractivity contribution in [3.8, 4) is 0 Å². The maximum absolute atomic E-state index is 13.9. The zero-order chi connectivity index (χ0) is 68.1. The molecule has 6 fully saturated rings. The molecule has 2 aromatic heterocycles. The second-order valence-corrected chi connectivity index (χ2v) is 26.7. The van der Waals surface area contributed by atoms with Crippen LogP contribution in [0.25, 0.3) is 0 Å². The van der Waals surface area contributed by atoms with Crippen LogP contribution >= 0.6 is 11.6 Å². The molecule has 8 aromatic rings. The number of para-hydroxylation sites is 3. The molecule has 4 aliphatic heterocycles. The van der Waals surface area contributed by atoms with E-state index in [-0.39, 0.29) is 41.2 Å². The SMILES string of the molecule is Cc1ccc(Cl)cc1N1CCN(C(=O)[C@@H]2C[C@@H]2c2ccccc2)CC1.Cc1ccccc1N1CCN(C(=O)CCc2c(C)noc2C)CC1.Cc1noc(C)c1CCC(=O)N1CCN(c2ccccc2F)CC1.O=C([C@@H]1C[C@@H]1c1ccccc1)N1CCN(c2ccccc2F)CC1. The van der Waals surface area contributed by atoms with Crippen molar-refractivity contribution in [1.29, 1.82) is 0 Å². The fourth-order valence-electron chi connectivity index (χ4n) is 14.0. The van der Waals surface area contributed by atoms with Gasteiger partial charge in [-0.1, -0.05) is 131 Å². The van der Waals surface area contributed by atoms with Crippen molar-refractivity contribution in [3.05, 3.63) is 225 Å². The zero-order valence-electron chi connectivity index (χ0n) is 56.9. The van der Waals surface area contributed by atoms with Crippen molar-refractivity contribution in [2.45, 2.75) is 91.9 Å². The third-order valence-electron chi connectivity index (χ3n) is 20.0. The first kappa shape index (κ1) is 69.3. The molecule has 6 heterocycles. The normalized spacial score (nSPS) is 19.0. The number of nitrogens with zero attached hydrogens (tertiary/aromatic N) is 10. The molecule has 0 radical (unpaired) electrons. The first-order chi connectivity index (χ1) is 47.0. The van der Waals surface area contributed by atoms with Gasteiger partial charge in [0.1, 0.15) is 23.2 Å². The van der Waals surface area contributed by atoms with E-state index < -0.39 is 0 Å². The molecule has 6 aliphatic rings. The summed E-state index contributed by atoms with van der Waals surface area (Å²) in [5.41, 5.74) is 12.6.